The van der Waals surface area contributed by atoms with E-state index >= 15 is 0 Å². The first kappa shape index (κ1) is 23.8. The molecule has 4 nitrogen and oxygen atoms in total. The average Bonchev–Trinajstić information content (AvgIpc) is 2.70. The number of hydrogen-bond donors (Lipinski definition) is 1. The summed E-state index contributed by atoms with van der Waals surface area (Å²) in [7, 11) is 0. The molecule has 32 heavy (non-hydrogen) atoms. The summed E-state index contributed by atoms with van der Waals surface area (Å²) in [6.45, 7) is 9.59. The molecule has 2 heterocycles. The maximum absolute atomic E-state index is 10.0. The van der Waals surface area contributed by atoms with E-state index in [0.29, 0.717) is 0 Å². The fraction of sp³-hybridized carbons (Fsp3) is 0.222. The number of aromatic nitrogens is 2. The second kappa shape index (κ2) is 8.93. The molecule has 0 bridgehead atoms. The zero-order valence-electron chi connectivity index (χ0n) is 18.8. The summed E-state index contributed by atoms with van der Waals surface area (Å²) in [6, 6.07) is 16.5. The fourth-order valence-electron chi connectivity index (χ4n) is 4.32. The van der Waals surface area contributed by atoms with Crippen LogP contribution in [0.25, 0.3) is 32.9 Å². The molecular formula is C27H25IrN2O2-. The summed E-state index contributed by atoms with van der Waals surface area (Å²) >= 11 is 0. The summed E-state index contributed by atoms with van der Waals surface area (Å²) in [5, 5.41) is 11.9. The predicted molar refractivity (Wildman–Crippen MR) is 125 cm³/mol. The monoisotopic (exact) mass is 602 g/mol. The molecular weight excluding hydrogens is 577 g/mol. The SMILES string of the molecule is CC(=O)/C=C(/C)O.Cc1cc2c3c(nccc3c1)-c1[c-]c3cccnc3cc1C2(C)C.[Ir]. The Hall–Kier alpha value is -2.88. The van der Waals surface area contributed by atoms with Crippen molar-refractivity contribution in [2.24, 2.45) is 0 Å². The van der Waals surface area contributed by atoms with Gasteiger partial charge >= 0.3 is 0 Å². The molecule has 1 radical (unpaired) electrons. The molecule has 0 atom stereocenters. The van der Waals surface area contributed by atoms with Crippen LogP contribution in [0.3, 0.4) is 0 Å². The van der Waals surface area contributed by atoms with Crippen LogP contribution in [0.2, 0.25) is 0 Å². The minimum atomic E-state index is -0.125. The molecule has 2 aromatic carbocycles. The molecule has 2 aromatic heterocycles. The topological polar surface area (TPSA) is 63.1 Å². The van der Waals surface area contributed by atoms with Crippen LogP contribution in [-0.2, 0) is 30.3 Å². The van der Waals surface area contributed by atoms with E-state index in [1.807, 2.05) is 18.5 Å². The summed E-state index contributed by atoms with van der Waals surface area (Å²) in [5.74, 6) is -0.0625. The number of benzene rings is 2. The van der Waals surface area contributed by atoms with Gasteiger partial charge in [0.25, 0.3) is 0 Å². The van der Waals surface area contributed by atoms with Crippen LogP contribution in [-0.4, -0.2) is 20.9 Å². The van der Waals surface area contributed by atoms with Crippen LogP contribution in [0.15, 0.2) is 60.6 Å². The van der Waals surface area contributed by atoms with Gasteiger partial charge in [-0.2, -0.15) is 0 Å². The predicted octanol–water partition coefficient (Wildman–Crippen LogP) is 6.23. The number of carbonyl (C=O) groups excluding carboxylic acids is 1. The van der Waals surface area contributed by atoms with Crippen LogP contribution in [0.1, 0.15) is 44.4 Å². The minimum absolute atomic E-state index is 0. The van der Waals surface area contributed by atoms with Crippen LogP contribution >= 0.6 is 0 Å². The van der Waals surface area contributed by atoms with E-state index in [-0.39, 0.29) is 37.1 Å². The van der Waals surface area contributed by atoms with Crippen molar-refractivity contribution in [3.63, 3.8) is 0 Å². The molecule has 1 aliphatic rings. The molecule has 5 heteroatoms. The van der Waals surface area contributed by atoms with Crippen molar-refractivity contribution in [1.29, 1.82) is 0 Å². The number of aliphatic hydroxyl groups is 1. The third kappa shape index (κ3) is 4.23. The number of carbonyl (C=O) groups is 1. The number of nitrogens with zero attached hydrogens (tertiary/aromatic N) is 2. The normalized spacial score (nSPS) is 13.6. The van der Waals surface area contributed by atoms with Gasteiger partial charge in [0, 0.05) is 44.3 Å². The van der Waals surface area contributed by atoms with Gasteiger partial charge in [-0.05, 0) is 54.1 Å². The van der Waals surface area contributed by atoms with E-state index in [1.54, 1.807) is 0 Å². The van der Waals surface area contributed by atoms with Gasteiger partial charge in [-0.3, -0.25) is 14.8 Å². The molecule has 0 unspecified atom stereocenters. The van der Waals surface area contributed by atoms with Crippen molar-refractivity contribution in [2.45, 2.75) is 40.0 Å². The van der Waals surface area contributed by atoms with Gasteiger partial charge in [-0.25, -0.2) is 0 Å². The third-order valence-electron chi connectivity index (χ3n) is 5.65. The van der Waals surface area contributed by atoms with Crippen molar-refractivity contribution in [3.8, 4) is 11.3 Å². The second-order valence-electron chi connectivity index (χ2n) is 8.59. The Labute approximate surface area is 201 Å². The maximum Gasteiger partial charge on any atom is 0.155 e. The average molecular weight is 602 g/mol. The first-order valence-corrected chi connectivity index (χ1v) is 10.3. The molecule has 0 saturated carbocycles. The van der Waals surface area contributed by atoms with Crippen LogP contribution in [0.4, 0.5) is 0 Å². The Bertz CT molecular complexity index is 1370. The largest absolute Gasteiger partial charge is 0.512 e. The number of hydrogen-bond acceptors (Lipinski definition) is 4. The summed E-state index contributed by atoms with van der Waals surface area (Å²) in [6.07, 6.45) is 4.92. The Balaban J connectivity index is 0.000000318. The molecule has 0 aliphatic heterocycles. The smallest absolute Gasteiger partial charge is 0.155 e. The van der Waals surface area contributed by atoms with Crippen LogP contribution in [0.5, 0.6) is 0 Å². The van der Waals surface area contributed by atoms with Crippen molar-refractivity contribution >= 4 is 27.5 Å². The van der Waals surface area contributed by atoms with Crippen LogP contribution in [0, 0.1) is 13.0 Å². The van der Waals surface area contributed by atoms with Gasteiger partial charge < -0.3 is 5.11 Å². The van der Waals surface area contributed by atoms with E-state index in [0.717, 1.165) is 22.2 Å². The first-order chi connectivity index (χ1) is 14.7. The quantitative estimate of drug-likeness (QED) is 0.160. The molecule has 1 aliphatic carbocycles. The van der Waals surface area contributed by atoms with Crippen molar-refractivity contribution in [3.05, 3.63) is 83.4 Å². The number of pyridine rings is 2. The van der Waals surface area contributed by atoms with Gasteiger partial charge in [-0.1, -0.05) is 60.2 Å². The van der Waals surface area contributed by atoms with Gasteiger partial charge in [0.2, 0.25) is 0 Å². The Kier molecular flexibility index (Phi) is 6.64. The molecule has 0 fully saturated rings. The van der Waals surface area contributed by atoms with E-state index in [1.165, 1.54) is 47.4 Å². The first-order valence-electron chi connectivity index (χ1n) is 10.3. The van der Waals surface area contributed by atoms with Crippen molar-refractivity contribution in [1.82, 2.24) is 9.97 Å². The van der Waals surface area contributed by atoms with Crippen LogP contribution < -0.4 is 0 Å². The molecule has 1 N–H and O–H groups in total. The minimum Gasteiger partial charge on any atom is -0.512 e. The standard InChI is InChI=1S/C22H17N2.C5H8O2.Ir/c1-13-9-15-6-8-24-21-16-11-14-5-4-7-23-19(14)12-17(16)22(2,3)18(10-13)20(15)21;1-4(6)3-5(2)7;/h4-10,12H,1-3H3;3,6H,1-2H3;/q-1;;/b;4-3-;. The molecule has 5 rings (SSSR count). The Morgan fingerprint density at radius 2 is 1.81 bits per heavy atom. The molecule has 0 saturated heterocycles. The molecule has 165 valence electrons. The Morgan fingerprint density at radius 1 is 1.06 bits per heavy atom. The molecule has 0 amide bonds. The summed E-state index contributed by atoms with van der Waals surface area (Å²) in [4.78, 5) is 19.3. The number of fused-ring (bicyclic) bond motifs is 3. The van der Waals surface area contributed by atoms with Crippen molar-refractivity contribution in [2.75, 3.05) is 0 Å². The Morgan fingerprint density at radius 3 is 2.47 bits per heavy atom. The zero-order chi connectivity index (χ0) is 22.3. The number of aryl methyl sites for hydroxylation is 1. The molecule has 4 aromatic rings. The van der Waals surface area contributed by atoms with Gasteiger partial charge in [-0.15, -0.1) is 12.1 Å². The fourth-order valence-corrected chi connectivity index (χ4v) is 4.32. The van der Waals surface area contributed by atoms with E-state index in [9.17, 15) is 4.79 Å². The van der Waals surface area contributed by atoms with Crippen molar-refractivity contribution < 1.29 is 30.0 Å². The van der Waals surface area contributed by atoms with E-state index in [2.05, 4.69) is 62.2 Å². The zero-order valence-corrected chi connectivity index (χ0v) is 21.2. The second-order valence-corrected chi connectivity index (χ2v) is 8.59. The van der Waals surface area contributed by atoms with E-state index in [4.69, 9.17) is 10.1 Å². The van der Waals surface area contributed by atoms with E-state index < -0.39 is 0 Å². The van der Waals surface area contributed by atoms with Gasteiger partial charge in [0.05, 0.1) is 5.76 Å². The number of allylic oxidation sites excluding steroid dienone is 2. The molecule has 0 spiro atoms. The summed E-state index contributed by atoms with van der Waals surface area (Å²) < 4.78 is 0. The summed E-state index contributed by atoms with van der Waals surface area (Å²) in [5.41, 5.74) is 6.94. The number of rotatable bonds is 1. The number of aliphatic hydroxyl groups excluding tert-OH is 1. The van der Waals surface area contributed by atoms with Gasteiger partial charge in [0.15, 0.2) is 5.78 Å². The van der Waals surface area contributed by atoms with Gasteiger partial charge in [0.1, 0.15) is 0 Å². The third-order valence-corrected chi connectivity index (χ3v) is 5.65. The maximum atomic E-state index is 10.0. The number of ketones is 1.